The number of H-pyrrole nitrogens is 1. The molecule has 0 atom stereocenters. The van der Waals surface area contributed by atoms with E-state index in [1.807, 2.05) is 6.92 Å². The number of rotatable bonds is 5. The second kappa shape index (κ2) is 8.37. The molecule has 0 saturated carbocycles. The van der Waals surface area contributed by atoms with Crippen LogP contribution in [0.4, 0.5) is 5.69 Å². The fourth-order valence-electron chi connectivity index (χ4n) is 2.51. The van der Waals surface area contributed by atoms with E-state index in [-0.39, 0.29) is 18.3 Å². The van der Waals surface area contributed by atoms with Crippen LogP contribution in [0, 0.1) is 0 Å². The van der Waals surface area contributed by atoms with Crippen LogP contribution in [0.3, 0.4) is 0 Å². The molecule has 6 nitrogen and oxygen atoms in total. The van der Waals surface area contributed by atoms with Crippen molar-refractivity contribution in [3.8, 4) is 5.75 Å². The van der Waals surface area contributed by atoms with E-state index in [9.17, 15) is 4.79 Å². The van der Waals surface area contributed by atoms with Crippen LogP contribution in [-0.4, -0.2) is 29.3 Å². The minimum absolute atomic E-state index is 0. The van der Waals surface area contributed by atoms with Crippen molar-refractivity contribution in [2.45, 2.75) is 26.3 Å². The summed E-state index contributed by atoms with van der Waals surface area (Å²) in [5, 5.41) is 13.6. The number of benzene rings is 1. The maximum Gasteiger partial charge on any atom is 0.276 e. The van der Waals surface area contributed by atoms with Crippen LogP contribution in [-0.2, 0) is 13.0 Å². The van der Waals surface area contributed by atoms with Gasteiger partial charge in [-0.15, -0.1) is 12.4 Å². The number of nitrogens with one attached hydrogen (secondary N) is 3. The number of fused-ring (bicyclic) bond motifs is 1. The fourth-order valence-corrected chi connectivity index (χ4v) is 2.75. The molecule has 8 heteroatoms. The molecule has 3 rings (SSSR count). The van der Waals surface area contributed by atoms with Gasteiger partial charge in [-0.2, -0.15) is 5.10 Å². The first-order valence-corrected chi connectivity index (χ1v) is 8.07. The molecule has 2 heterocycles. The van der Waals surface area contributed by atoms with Crippen LogP contribution in [0.15, 0.2) is 18.2 Å². The van der Waals surface area contributed by atoms with E-state index in [2.05, 4.69) is 20.8 Å². The van der Waals surface area contributed by atoms with Crippen molar-refractivity contribution in [1.82, 2.24) is 15.5 Å². The minimum atomic E-state index is -0.246. The normalized spacial score (nSPS) is 12.9. The first kappa shape index (κ1) is 18.6. The molecule has 1 aromatic carbocycles. The number of amides is 1. The van der Waals surface area contributed by atoms with Crippen LogP contribution in [0.25, 0.3) is 0 Å². The molecule has 0 unspecified atom stereocenters. The molecule has 0 aliphatic carbocycles. The van der Waals surface area contributed by atoms with E-state index in [0.29, 0.717) is 35.3 Å². The van der Waals surface area contributed by atoms with Crippen molar-refractivity contribution in [3.05, 3.63) is 40.2 Å². The predicted octanol–water partition coefficient (Wildman–Crippen LogP) is 3.17. The van der Waals surface area contributed by atoms with Gasteiger partial charge < -0.3 is 15.4 Å². The Hall–Kier alpha value is -1.76. The highest BCUT2D eigenvalue weighted by Crippen LogP contribution is 2.28. The van der Waals surface area contributed by atoms with Gasteiger partial charge in [0.2, 0.25) is 0 Å². The van der Waals surface area contributed by atoms with E-state index >= 15 is 0 Å². The Balaban J connectivity index is 0.00000208. The SMILES string of the molecule is CCCOc1ccc(NC(=O)c2n[nH]c3c2CNCC3)cc1Cl.Cl. The molecule has 3 N–H and O–H groups in total. The maximum absolute atomic E-state index is 12.4. The van der Waals surface area contributed by atoms with E-state index < -0.39 is 0 Å². The van der Waals surface area contributed by atoms with E-state index in [4.69, 9.17) is 16.3 Å². The van der Waals surface area contributed by atoms with Gasteiger partial charge >= 0.3 is 0 Å². The van der Waals surface area contributed by atoms with Gasteiger partial charge in [0.15, 0.2) is 5.69 Å². The average molecular weight is 371 g/mol. The van der Waals surface area contributed by atoms with Crippen LogP contribution >= 0.6 is 24.0 Å². The van der Waals surface area contributed by atoms with E-state index in [1.165, 1.54) is 0 Å². The Morgan fingerprint density at radius 3 is 3.04 bits per heavy atom. The third-order valence-corrected chi connectivity index (χ3v) is 3.97. The summed E-state index contributed by atoms with van der Waals surface area (Å²) < 4.78 is 5.52. The number of ether oxygens (including phenoxy) is 1. The molecule has 0 radical (unpaired) electrons. The molecule has 1 amide bonds. The van der Waals surface area contributed by atoms with Crippen LogP contribution in [0.2, 0.25) is 5.02 Å². The Morgan fingerprint density at radius 2 is 2.29 bits per heavy atom. The smallest absolute Gasteiger partial charge is 0.276 e. The number of nitrogens with zero attached hydrogens (tertiary/aromatic N) is 1. The lowest BCUT2D eigenvalue weighted by Gasteiger charge is -2.13. The van der Waals surface area contributed by atoms with Gasteiger partial charge in [-0.25, -0.2) is 0 Å². The van der Waals surface area contributed by atoms with Crippen LogP contribution in [0.1, 0.15) is 35.1 Å². The van der Waals surface area contributed by atoms with Crippen LogP contribution < -0.4 is 15.4 Å². The quantitative estimate of drug-likeness (QED) is 0.754. The lowest BCUT2D eigenvalue weighted by Crippen LogP contribution is -2.25. The number of carbonyl (C=O) groups is 1. The monoisotopic (exact) mass is 370 g/mol. The summed E-state index contributed by atoms with van der Waals surface area (Å²) in [5.74, 6) is 0.373. The zero-order valence-corrected chi connectivity index (χ0v) is 14.9. The van der Waals surface area contributed by atoms with Gasteiger partial charge in [0.25, 0.3) is 5.91 Å². The Kier molecular flexibility index (Phi) is 6.48. The van der Waals surface area contributed by atoms with E-state index in [1.54, 1.807) is 18.2 Å². The van der Waals surface area contributed by atoms with Gasteiger partial charge in [-0.1, -0.05) is 18.5 Å². The number of aromatic amines is 1. The van der Waals surface area contributed by atoms with Crippen molar-refractivity contribution < 1.29 is 9.53 Å². The summed E-state index contributed by atoms with van der Waals surface area (Å²) in [4.78, 5) is 12.4. The summed E-state index contributed by atoms with van der Waals surface area (Å²) in [6, 6.07) is 5.21. The highest BCUT2D eigenvalue weighted by atomic mass is 35.5. The van der Waals surface area contributed by atoms with Gasteiger partial charge in [0.1, 0.15) is 5.75 Å². The number of carbonyl (C=O) groups excluding carboxylic acids is 1. The van der Waals surface area contributed by atoms with Crippen molar-refractivity contribution in [1.29, 1.82) is 0 Å². The topological polar surface area (TPSA) is 79.0 Å². The largest absolute Gasteiger partial charge is 0.492 e. The number of aromatic nitrogens is 2. The average Bonchev–Trinajstić information content (AvgIpc) is 2.98. The predicted molar refractivity (Wildman–Crippen MR) is 96.4 cm³/mol. The summed E-state index contributed by atoms with van der Waals surface area (Å²) in [6.45, 7) is 4.18. The maximum atomic E-state index is 12.4. The molecular weight excluding hydrogens is 351 g/mol. The molecule has 130 valence electrons. The number of hydrogen-bond acceptors (Lipinski definition) is 4. The molecule has 2 aromatic rings. The van der Waals surface area contributed by atoms with Gasteiger partial charge in [-0.3, -0.25) is 9.89 Å². The number of hydrogen-bond donors (Lipinski definition) is 3. The summed E-state index contributed by atoms with van der Waals surface area (Å²) in [6.07, 6.45) is 1.76. The molecule has 0 spiro atoms. The van der Waals surface area contributed by atoms with Gasteiger partial charge in [-0.05, 0) is 24.6 Å². The molecule has 1 aromatic heterocycles. The van der Waals surface area contributed by atoms with Crippen molar-refractivity contribution >= 4 is 35.6 Å². The second-order valence-electron chi connectivity index (χ2n) is 5.40. The second-order valence-corrected chi connectivity index (χ2v) is 5.81. The first-order valence-electron chi connectivity index (χ1n) is 7.69. The molecule has 0 saturated heterocycles. The highest BCUT2D eigenvalue weighted by molar-refractivity contribution is 6.32. The Bertz CT molecular complexity index is 718. The lowest BCUT2D eigenvalue weighted by atomic mass is 10.1. The Morgan fingerprint density at radius 1 is 1.46 bits per heavy atom. The third kappa shape index (κ3) is 4.01. The molecule has 24 heavy (non-hydrogen) atoms. The number of halogens is 2. The summed E-state index contributed by atoms with van der Waals surface area (Å²) in [5.41, 5.74) is 3.00. The lowest BCUT2D eigenvalue weighted by molar-refractivity contribution is 0.102. The molecule has 0 bridgehead atoms. The fraction of sp³-hybridized carbons (Fsp3) is 0.375. The molecule has 0 fully saturated rings. The summed E-state index contributed by atoms with van der Waals surface area (Å²) in [7, 11) is 0. The Labute approximate surface area is 151 Å². The van der Waals surface area contributed by atoms with Crippen molar-refractivity contribution in [3.63, 3.8) is 0 Å². The zero-order chi connectivity index (χ0) is 16.2. The molecule has 1 aliphatic heterocycles. The first-order chi connectivity index (χ1) is 11.2. The summed E-state index contributed by atoms with van der Waals surface area (Å²) >= 11 is 6.18. The number of anilines is 1. The van der Waals surface area contributed by atoms with E-state index in [0.717, 1.165) is 30.6 Å². The van der Waals surface area contributed by atoms with Gasteiger partial charge in [0.05, 0.1) is 11.6 Å². The molecule has 1 aliphatic rings. The molecular formula is C16H20Cl2N4O2. The van der Waals surface area contributed by atoms with Crippen molar-refractivity contribution in [2.75, 3.05) is 18.5 Å². The highest BCUT2D eigenvalue weighted by Gasteiger charge is 2.21. The van der Waals surface area contributed by atoms with Gasteiger partial charge in [0, 0.05) is 36.5 Å². The van der Waals surface area contributed by atoms with Crippen LogP contribution in [0.5, 0.6) is 5.75 Å². The minimum Gasteiger partial charge on any atom is -0.492 e. The zero-order valence-electron chi connectivity index (χ0n) is 13.3. The van der Waals surface area contributed by atoms with Crippen molar-refractivity contribution in [2.24, 2.45) is 0 Å². The standard InChI is InChI=1S/C16H19ClN4O2.ClH/c1-2-7-23-14-4-3-10(8-12(14)17)19-16(22)15-11-9-18-6-5-13(11)20-21-15;/h3-4,8,18H,2,5-7,9H2,1H3,(H,19,22)(H,20,21);1H. The third-order valence-electron chi connectivity index (χ3n) is 3.67.